The van der Waals surface area contributed by atoms with Crippen LogP contribution in [-0.4, -0.2) is 24.0 Å². The first-order valence-corrected chi connectivity index (χ1v) is 7.51. The van der Waals surface area contributed by atoms with Gasteiger partial charge in [0.1, 0.15) is 0 Å². The van der Waals surface area contributed by atoms with E-state index in [2.05, 4.69) is 15.9 Å². The predicted molar refractivity (Wildman–Crippen MR) is 77.5 cm³/mol. The van der Waals surface area contributed by atoms with Crippen molar-refractivity contribution in [2.24, 2.45) is 11.8 Å². The maximum atomic E-state index is 13.4. The molecule has 1 atom stereocenters. The Bertz CT molecular complexity index is 588. The number of amides is 1. The molecule has 22 heavy (non-hydrogen) atoms. The molecular weight excluding hydrogens is 361 g/mol. The van der Waals surface area contributed by atoms with E-state index in [0.29, 0.717) is 17.3 Å². The number of hydrogen-bond acceptors (Lipinski definition) is 2. The van der Waals surface area contributed by atoms with Crippen LogP contribution in [0.25, 0.3) is 0 Å². The molecule has 2 rings (SSSR count). The summed E-state index contributed by atoms with van der Waals surface area (Å²) in [6.45, 7) is 0. The summed E-state index contributed by atoms with van der Waals surface area (Å²) in [6.07, 6.45) is -3.88. The summed E-state index contributed by atoms with van der Waals surface area (Å²) in [5.41, 5.74) is 0.0164. The first-order chi connectivity index (χ1) is 10.2. The molecule has 0 aliphatic heterocycles. The van der Waals surface area contributed by atoms with Crippen LogP contribution in [0.2, 0.25) is 0 Å². The molecule has 0 N–H and O–H groups in total. The van der Waals surface area contributed by atoms with E-state index in [1.54, 1.807) is 0 Å². The minimum Gasteiger partial charge on any atom is -0.330 e. The van der Waals surface area contributed by atoms with E-state index in [4.69, 9.17) is 5.26 Å². The van der Waals surface area contributed by atoms with Gasteiger partial charge < -0.3 is 4.90 Å². The lowest BCUT2D eigenvalue weighted by molar-refractivity contribution is -0.191. The van der Waals surface area contributed by atoms with Crippen molar-refractivity contribution in [3.05, 3.63) is 34.3 Å². The first kappa shape index (κ1) is 16.8. The molecule has 1 aliphatic rings. The van der Waals surface area contributed by atoms with Crippen LogP contribution in [0.15, 0.2) is 28.7 Å². The fourth-order valence-corrected chi connectivity index (χ4v) is 2.88. The molecule has 118 valence electrons. The summed E-state index contributed by atoms with van der Waals surface area (Å²) in [4.78, 5) is 13.0. The number of nitriles is 1. The topological polar surface area (TPSA) is 44.1 Å². The van der Waals surface area contributed by atoms with Crippen molar-refractivity contribution in [1.29, 1.82) is 5.26 Å². The average Bonchev–Trinajstić information content (AvgIpc) is 2.38. The smallest absolute Gasteiger partial charge is 0.330 e. The number of alkyl halides is 3. The average molecular weight is 375 g/mol. The highest BCUT2D eigenvalue weighted by molar-refractivity contribution is 9.10. The third-order valence-electron chi connectivity index (χ3n) is 3.90. The summed E-state index contributed by atoms with van der Waals surface area (Å²) >= 11 is 3.18. The van der Waals surface area contributed by atoms with Gasteiger partial charge in [0.25, 0.3) is 0 Å². The van der Waals surface area contributed by atoms with Crippen LogP contribution in [0.1, 0.15) is 24.4 Å². The predicted octanol–water partition coefficient (Wildman–Crippen LogP) is 4.06. The van der Waals surface area contributed by atoms with E-state index >= 15 is 0 Å². The Morgan fingerprint density at radius 2 is 1.91 bits per heavy atom. The van der Waals surface area contributed by atoms with Crippen LogP contribution in [0.4, 0.5) is 13.2 Å². The van der Waals surface area contributed by atoms with Crippen LogP contribution >= 0.6 is 15.9 Å². The molecule has 0 spiro atoms. The number of nitrogens with zero attached hydrogens (tertiary/aromatic N) is 2. The van der Waals surface area contributed by atoms with Gasteiger partial charge in [0, 0.05) is 23.4 Å². The van der Waals surface area contributed by atoms with Gasteiger partial charge in [-0.05, 0) is 30.5 Å². The number of hydrogen-bond donors (Lipinski definition) is 0. The second-order valence-corrected chi connectivity index (χ2v) is 6.35. The van der Waals surface area contributed by atoms with Gasteiger partial charge in [-0.1, -0.05) is 28.1 Å². The van der Waals surface area contributed by atoms with Crippen molar-refractivity contribution in [3.63, 3.8) is 0 Å². The minimum atomic E-state index is -4.56. The zero-order valence-corrected chi connectivity index (χ0v) is 13.4. The Morgan fingerprint density at radius 3 is 2.36 bits per heavy atom. The van der Waals surface area contributed by atoms with Gasteiger partial charge in [-0.15, -0.1) is 0 Å². The third-order valence-corrected chi connectivity index (χ3v) is 4.43. The van der Waals surface area contributed by atoms with Gasteiger partial charge in [0.15, 0.2) is 6.04 Å². The SMILES string of the molecule is CN(C(=O)C1CC(C#N)C1)[C@H](c1ccc(Br)cc1)C(F)(F)F. The number of rotatable bonds is 3. The molecule has 0 saturated heterocycles. The highest BCUT2D eigenvalue weighted by atomic mass is 79.9. The van der Waals surface area contributed by atoms with Gasteiger partial charge in [0.05, 0.1) is 6.07 Å². The fourth-order valence-electron chi connectivity index (χ4n) is 2.62. The van der Waals surface area contributed by atoms with Crippen molar-refractivity contribution in [3.8, 4) is 6.07 Å². The lowest BCUT2D eigenvalue weighted by atomic mass is 9.75. The van der Waals surface area contributed by atoms with Crippen LogP contribution in [0.5, 0.6) is 0 Å². The molecule has 0 bridgehead atoms. The zero-order valence-electron chi connectivity index (χ0n) is 11.8. The summed E-state index contributed by atoms with van der Waals surface area (Å²) < 4.78 is 40.8. The second kappa shape index (κ2) is 6.29. The molecule has 0 unspecified atom stereocenters. The van der Waals surface area contributed by atoms with Gasteiger partial charge in [-0.2, -0.15) is 18.4 Å². The normalized spacial score (nSPS) is 22.4. The number of halogens is 4. The van der Waals surface area contributed by atoms with Crippen LogP contribution in [-0.2, 0) is 4.79 Å². The zero-order chi connectivity index (χ0) is 16.5. The maximum absolute atomic E-state index is 13.4. The first-order valence-electron chi connectivity index (χ1n) is 6.72. The largest absolute Gasteiger partial charge is 0.413 e. The van der Waals surface area contributed by atoms with E-state index in [1.165, 1.54) is 31.3 Å². The molecule has 0 radical (unpaired) electrons. The Hall–Kier alpha value is -1.55. The Balaban J connectivity index is 2.21. The molecule has 7 heteroatoms. The molecule has 0 heterocycles. The van der Waals surface area contributed by atoms with Crippen LogP contribution in [0, 0.1) is 23.2 Å². The Morgan fingerprint density at radius 1 is 1.36 bits per heavy atom. The van der Waals surface area contributed by atoms with Crippen LogP contribution < -0.4 is 0 Å². The third kappa shape index (κ3) is 3.43. The summed E-state index contributed by atoms with van der Waals surface area (Å²) in [7, 11) is 1.17. The van der Waals surface area contributed by atoms with Gasteiger partial charge >= 0.3 is 6.18 Å². The number of benzene rings is 1. The molecule has 0 aromatic heterocycles. The minimum absolute atomic E-state index is 0.0164. The molecular formula is C15H14BrF3N2O. The van der Waals surface area contributed by atoms with Crippen molar-refractivity contribution < 1.29 is 18.0 Å². The standard InChI is InChI=1S/C15H14BrF3N2O/c1-21(14(22)11-6-9(7-11)8-20)13(15(17,18)19)10-2-4-12(16)5-3-10/h2-5,9,11,13H,6-7H2,1H3/t9?,11?,13-/m1/s1. The lowest BCUT2D eigenvalue weighted by Crippen LogP contribution is -2.45. The summed E-state index contributed by atoms with van der Waals surface area (Å²) in [6, 6.07) is 5.78. The van der Waals surface area contributed by atoms with Crippen molar-refractivity contribution in [2.45, 2.75) is 25.1 Å². The fraction of sp³-hybridized carbons (Fsp3) is 0.467. The Labute approximate surface area is 134 Å². The Kier molecular flexibility index (Phi) is 4.81. The van der Waals surface area contributed by atoms with Gasteiger partial charge in [-0.25, -0.2) is 0 Å². The van der Waals surface area contributed by atoms with Crippen molar-refractivity contribution >= 4 is 21.8 Å². The van der Waals surface area contributed by atoms with E-state index in [-0.39, 0.29) is 11.5 Å². The second-order valence-electron chi connectivity index (χ2n) is 5.44. The lowest BCUT2D eigenvalue weighted by Gasteiger charge is -2.37. The molecule has 3 nitrogen and oxygen atoms in total. The highest BCUT2D eigenvalue weighted by Gasteiger charge is 2.47. The monoisotopic (exact) mass is 374 g/mol. The van der Waals surface area contributed by atoms with E-state index < -0.39 is 24.0 Å². The van der Waals surface area contributed by atoms with Crippen LogP contribution in [0.3, 0.4) is 0 Å². The molecule has 1 amide bonds. The van der Waals surface area contributed by atoms with Crippen molar-refractivity contribution in [1.82, 2.24) is 4.90 Å². The van der Waals surface area contributed by atoms with E-state index in [1.807, 2.05) is 6.07 Å². The highest BCUT2D eigenvalue weighted by Crippen LogP contribution is 2.41. The molecule has 1 fully saturated rings. The number of carbonyl (C=O) groups is 1. The van der Waals surface area contributed by atoms with Gasteiger partial charge in [-0.3, -0.25) is 4.79 Å². The van der Waals surface area contributed by atoms with E-state index in [9.17, 15) is 18.0 Å². The molecule has 1 aromatic carbocycles. The summed E-state index contributed by atoms with van der Waals surface area (Å²) in [5.74, 6) is -1.27. The van der Waals surface area contributed by atoms with E-state index in [0.717, 1.165) is 4.90 Å². The molecule has 1 aliphatic carbocycles. The quantitative estimate of drug-likeness (QED) is 0.800. The maximum Gasteiger partial charge on any atom is 0.413 e. The van der Waals surface area contributed by atoms with Gasteiger partial charge in [0.2, 0.25) is 5.91 Å². The number of carbonyl (C=O) groups excluding carboxylic acids is 1. The molecule has 1 saturated carbocycles. The summed E-state index contributed by atoms with van der Waals surface area (Å²) in [5, 5.41) is 8.71. The molecule has 1 aromatic rings. The van der Waals surface area contributed by atoms with Crippen molar-refractivity contribution in [2.75, 3.05) is 7.05 Å².